The third-order valence-electron chi connectivity index (χ3n) is 5.06. The van der Waals surface area contributed by atoms with Crippen molar-refractivity contribution >= 4 is 11.8 Å². The normalized spacial score (nSPS) is 45.4. The molecule has 1 N–H and O–H groups in total. The van der Waals surface area contributed by atoms with Crippen LogP contribution in [0.15, 0.2) is 23.8 Å². The van der Waals surface area contributed by atoms with Gasteiger partial charge in [0.15, 0.2) is 0 Å². The van der Waals surface area contributed by atoms with Crippen LogP contribution in [0.1, 0.15) is 26.7 Å². The summed E-state index contributed by atoms with van der Waals surface area (Å²) in [6, 6.07) is 0. The highest BCUT2D eigenvalue weighted by Gasteiger charge is 2.58. The second-order valence-corrected chi connectivity index (χ2v) is 6.07. The summed E-state index contributed by atoms with van der Waals surface area (Å²) in [6.45, 7) is 7.55. The van der Waals surface area contributed by atoms with Gasteiger partial charge in [0.05, 0.1) is 17.4 Å². The van der Waals surface area contributed by atoms with E-state index in [-0.39, 0.29) is 17.8 Å². The minimum absolute atomic E-state index is 0.0228. The van der Waals surface area contributed by atoms with Crippen LogP contribution in [0.2, 0.25) is 0 Å². The van der Waals surface area contributed by atoms with Crippen molar-refractivity contribution in [3.05, 3.63) is 23.8 Å². The molecular weight excluding hydrogens is 244 g/mol. The third kappa shape index (κ3) is 1.43. The fraction of sp³-hybridized carbons (Fsp3) is 0.600. The van der Waals surface area contributed by atoms with Crippen LogP contribution < -0.4 is 0 Å². The molecule has 1 saturated carbocycles. The molecule has 1 aliphatic heterocycles. The molecule has 0 aromatic heterocycles. The van der Waals surface area contributed by atoms with Gasteiger partial charge in [-0.05, 0) is 19.3 Å². The number of esters is 1. The largest absolute Gasteiger partial charge is 0.458 e. The molecule has 1 heterocycles. The molecule has 0 aromatic carbocycles. The lowest BCUT2D eigenvalue weighted by Crippen LogP contribution is -2.44. The van der Waals surface area contributed by atoms with Gasteiger partial charge in [-0.2, -0.15) is 0 Å². The lowest BCUT2D eigenvalue weighted by Gasteiger charge is -2.34. The van der Waals surface area contributed by atoms with E-state index in [0.717, 1.165) is 5.57 Å². The monoisotopic (exact) mass is 262 g/mol. The topological polar surface area (TPSA) is 63.6 Å². The summed E-state index contributed by atoms with van der Waals surface area (Å²) in [7, 11) is 0. The maximum Gasteiger partial charge on any atom is 0.334 e. The quantitative estimate of drug-likeness (QED) is 0.407. The van der Waals surface area contributed by atoms with E-state index in [4.69, 9.17) is 4.74 Å². The number of ketones is 1. The van der Waals surface area contributed by atoms with Gasteiger partial charge >= 0.3 is 5.97 Å². The summed E-state index contributed by atoms with van der Waals surface area (Å²) in [5.41, 5.74) is 0.394. The number of hydrogen-bond donors (Lipinski definition) is 1. The predicted molar refractivity (Wildman–Crippen MR) is 68.1 cm³/mol. The van der Waals surface area contributed by atoms with Crippen molar-refractivity contribution in [1.82, 2.24) is 0 Å². The van der Waals surface area contributed by atoms with Crippen LogP contribution in [0.4, 0.5) is 0 Å². The summed E-state index contributed by atoms with van der Waals surface area (Å²) in [5.74, 6) is -0.759. The van der Waals surface area contributed by atoms with Gasteiger partial charge in [-0.1, -0.05) is 25.2 Å². The summed E-state index contributed by atoms with van der Waals surface area (Å²) in [4.78, 5) is 23.9. The first-order chi connectivity index (χ1) is 8.87. The molecular formula is C15H18O4. The summed E-state index contributed by atoms with van der Waals surface area (Å²) in [5, 5.41) is 10.7. The Morgan fingerprint density at radius 3 is 2.84 bits per heavy atom. The Hall–Kier alpha value is -1.42. The van der Waals surface area contributed by atoms with Gasteiger partial charge in [0, 0.05) is 12.0 Å². The number of fused-ring (bicyclic) bond motifs is 2. The van der Waals surface area contributed by atoms with E-state index in [1.54, 1.807) is 6.92 Å². The molecule has 5 atom stereocenters. The number of aliphatic hydroxyl groups is 1. The zero-order valence-corrected chi connectivity index (χ0v) is 11.2. The van der Waals surface area contributed by atoms with Crippen molar-refractivity contribution in [1.29, 1.82) is 0 Å². The lowest BCUT2D eigenvalue weighted by molar-refractivity contribution is -0.140. The summed E-state index contributed by atoms with van der Waals surface area (Å²) >= 11 is 0. The van der Waals surface area contributed by atoms with Crippen molar-refractivity contribution in [3.8, 4) is 0 Å². The predicted octanol–water partition coefficient (Wildman–Crippen LogP) is 1.39. The summed E-state index contributed by atoms with van der Waals surface area (Å²) < 4.78 is 5.31. The van der Waals surface area contributed by atoms with Crippen molar-refractivity contribution < 1.29 is 19.4 Å². The first-order valence-electron chi connectivity index (χ1n) is 6.69. The number of allylic oxidation sites excluding steroid dienone is 1. The molecule has 2 aliphatic carbocycles. The Labute approximate surface area is 112 Å². The van der Waals surface area contributed by atoms with Gasteiger partial charge in [0.2, 0.25) is 0 Å². The SMILES string of the molecule is C=C1C(=O)O[C@@H]2C[C@H](C)C3=CCC(=O)[C@@]3(C)[C@@H](O)[C@H]12. The number of ether oxygens (including phenoxy) is 1. The Balaban J connectivity index is 2.11. The minimum atomic E-state index is -0.928. The smallest absolute Gasteiger partial charge is 0.334 e. The molecule has 1 saturated heterocycles. The van der Waals surface area contributed by atoms with E-state index in [2.05, 4.69) is 6.58 Å². The third-order valence-corrected chi connectivity index (χ3v) is 5.06. The van der Waals surface area contributed by atoms with Crippen molar-refractivity contribution in [2.24, 2.45) is 17.3 Å². The van der Waals surface area contributed by atoms with Gasteiger partial charge < -0.3 is 9.84 Å². The minimum Gasteiger partial charge on any atom is -0.458 e. The molecule has 4 heteroatoms. The zero-order valence-electron chi connectivity index (χ0n) is 11.2. The van der Waals surface area contributed by atoms with E-state index in [0.29, 0.717) is 18.4 Å². The molecule has 0 unspecified atom stereocenters. The van der Waals surface area contributed by atoms with E-state index in [1.807, 2.05) is 13.0 Å². The maximum atomic E-state index is 12.2. The van der Waals surface area contributed by atoms with Crippen molar-refractivity contribution in [3.63, 3.8) is 0 Å². The number of carbonyl (C=O) groups excluding carboxylic acids is 2. The number of carbonyl (C=O) groups is 2. The highest BCUT2D eigenvalue weighted by Crippen LogP contribution is 2.52. The number of aliphatic hydroxyl groups excluding tert-OH is 1. The molecule has 0 radical (unpaired) electrons. The van der Waals surface area contributed by atoms with E-state index >= 15 is 0 Å². The highest BCUT2D eigenvalue weighted by atomic mass is 16.6. The van der Waals surface area contributed by atoms with Crippen LogP contribution in [0.5, 0.6) is 0 Å². The molecule has 0 bridgehead atoms. The van der Waals surface area contributed by atoms with Crippen LogP contribution >= 0.6 is 0 Å². The van der Waals surface area contributed by atoms with Crippen LogP contribution in [0.25, 0.3) is 0 Å². The van der Waals surface area contributed by atoms with Crippen LogP contribution in [0.3, 0.4) is 0 Å². The summed E-state index contributed by atoms with van der Waals surface area (Å²) in [6.07, 6.45) is 1.65. The Morgan fingerprint density at radius 1 is 1.47 bits per heavy atom. The maximum absolute atomic E-state index is 12.2. The van der Waals surface area contributed by atoms with Gasteiger partial charge in [-0.25, -0.2) is 4.79 Å². The lowest BCUT2D eigenvalue weighted by atomic mass is 9.70. The molecule has 0 spiro atoms. The van der Waals surface area contributed by atoms with Crippen LogP contribution in [-0.4, -0.2) is 29.1 Å². The Bertz CT molecular complexity index is 518. The standard InChI is InChI=1S/C15H18O4/c1-7-6-10-12(8(2)14(18)19-10)13(17)15(3)9(7)4-5-11(15)16/h4,7,10,12-13,17H,2,5-6H2,1,3H3/t7-,10+,12+,13-,15-/m0/s1. The fourth-order valence-electron chi connectivity index (χ4n) is 3.91. The van der Waals surface area contributed by atoms with Gasteiger partial charge in [-0.15, -0.1) is 0 Å². The first-order valence-corrected chi connectivity index (χ1v) is 6.69. The van der Waals surface area contributed by atoms with Gasteiger partial charge in [0.1, 0.15) is 11.9 Å². The second kappa shape index (κ2) is 3.79. The van der Waals surface area contributed by atoms with Gasteiger partial charge in [-0.3, -0.25) is 4.79 Å². The number of rotatable bonds is 0. The average molecular weight is 262 g/mol. The van der Waals surface area contributed by atoms with Crippen LogP contribution in [0, 0.1) is 17.3 Å². The molecule has 0 amide bonds. The molecule has 4 nitrogen and oxygen atoms in total. The highest BCUT2D eigenvalue weighted by molar-refractivity contribution is 5.95. The first kappa shape index (κ1) is 12.6. The number of hydrogen-bond acceptors (Lipinski definition) is 4. The second-order valence-electron chi connectivity index (χ2n) is 6.07. The molecule has 19 heavy (non-hydrogen) atoms. The van der Waals surface area contributed by atoms with Crippen molar-refractivity contribution in [2.45, 2.75) is 38.9 Å². The zero-order chi connectivity index (χ0) is 13.9. The number of Topliss-reactive ketones (excluding diaryl/α,β-unsaturated/α-hetero) is 1. The van der Waals surface area contributed by atoms with Crippen molar-refractivity contribution in [2.75, 3.05) is 0 Å². The molecule has 2 fully saturated rings. The van der Waals surface area contributed by atoms with E-state index < -0.39 is 23.4 Å². The molecule has 0 aromatic rings. The molecule has 3 aliphatic rings. The Morgan fingerprint density at radius 2 is 2.16 bits per heavy atom. The molecule has 3 rings (SSSR count). The van der Waals surface area contributed by atoms with E-state index in [9.17, 15) is 14.7 Å². The van der Waals surface area contributed by atoms with Crippen LogP contribution in [-0.2, 0) is 14.3 Å². The Kier molecular flexibility index (Phi) is 2.52. The van der Waals surface area contributed by atoms with E-state index in [1.165, 1.54) is 0 Å². The fourth-order valence-corrected chi connectivity index (χ4v) is 3.91. The average Bonchev–Trinajstić information content (AvgIpc) is 2.77. The molecule has 102 valence electrons. The van der Waals surface area contributed by atoms with Gasteiger partial charge in [0.25, 0.3) is 0 Å².